The first-order valence-corrected chi connectivity index (χ1v) is 7.35. The number of carboxylic acids is 1. The predicted molar refractivity (Wildman–Crippen MR) is 81.2 cm³/mol. The molecule has 1 saturated carbocycles. The Morgan fingerprint density at radius 3 is 2.38 bits per heavy atom. The van der Waals surface area contributed by atoms with E-state index in [1.807, 2.05) is 30.3 Å². The van der Waals surface area contributed by atoms with E-state index in [0.29, 0.717) is 12.8 Å². The van der Waals surface area contributed by atoms with Crippen LogP contribution in [0.3, 0.4) is 0 Å². The highest BCUT2D eigenvalue weighted by Gasteiger charge is 2.26. The lowest BCUT2D eigenvalue weighted by atomic mass is 9.86. The maximum atomic E-state index is 12.1. The molecule has 2 rings (SSSR count). The Hall–Kier alpha value is -1.88. The molecule has 0 atom stereocenters. The molecular formula is C16H22N2O3. The van der Waals surface area contributed by atoms with Crippen LogP contribution in [0.15, 0.2) is 30.3 Å². The van der Waals surface area contributed by atoms with Gasteiger partial charge in [-0.2, -0.15) is 0 Å². The van der Waals surface area contributed by atoms with Gasteiger partial charge in [-0.1, -0.05) is 18.2 Å². The molecule has 0 spiro atoms. The van der Waals surface area contributed by atoms with Crippen LogP contribution < -0.4 is 10.2 Å². The molecule has 1 fully saturated rings. The van der Waals surface area contributed by atoms with Crippen molar-refractivity contribution in [3.63, 3.8) is 0 Å². The second-order valence-electron chi connectivity index (χ2n) is 5.56. The molecular weight excluding hydrogens is 268 g/mol. The zero-order chi connectivity index (χ0) is 15.2. The standard InChI is InChI=1S/C16H22N2O3/c1-18(14-5-3-2-4-6-14)15(19)11-17-13-9-7-12(8-10-13)16(20)21/h2-6,12-13,17H,7-11H2,1H3,(H,20,21). The number of nitrogens with zero attached hydrogens (tertiary/aromatic N) is 1. The Kier molecular flexibility index (Phi) is 5.33. The number of para-hydroxylation sites is 1. The molecule has 1 aliphatic rings. The summed E-state index contributed by atoms with van der Waals surface area (Å²) in [6, 6.07) is 9.76. The predicted octanol–water partition coefficient (Wildman–Crippen LogP) is 1.88. The van der Waals surface area contributed by atoms with Gasteiger partial charge in [-0.25, -0.2) is 0 Å². The second-order valence-corrected chi connectivity index (χ2v) is 5.56. The van der Waals surface area contributed by atoms with Crippen molar-refractivity contribution in [1.82, 2.24) is 5.32 Å². The first kappa shape index (κ1) is 15.5. The van der Waals surface area contributed by atoms with Crippen molar-refractivity contribution in [3.05, 3.63) is 30.3 Å². The van der Waals surface area contributed by atoms with Gasteiger partial charge in [0.15, 0.2) is 0 Å². The van der Waals surface area contributed by atoms with Gasteiger partial charge in [-0.15, -0.1) is 0 Å². The first-order valence-electron chi connectivity index (χ1n) is 7.35. The van der Waals surface area contributed by atoms with Crippen molar-refractivity contribution in [2.24, 2.45) is 5.92 Å². The van der Waals surface area contributed by atoms with E-state index in [9.17, 15) is 9.59 Å². The smallest absolute Gasteiger partial charge is 0.306 e. The molecule has 5 heteroatoms. The molecule has 0 aliphatic heterocycles. The number of hydrogen-bond donors (Lipinski definition) is 2. The highest BCUT2D eigenvalue weighted by atomic mass is 16.4. The Bertz CT molecular complexity index is 482. The number of anilines is 1. The van der Waals surface area contributed by atoms with Gasteiger partial charge in [-0.05, 0) is 37.8 Å². The molecule has 0 unspecified atom stereocenters. The van der Waals surface area contributed by atoms with Gasteiger partial charge in [0.2, 0.25) is 5.91 Å². The molecule has 1 amide bonds. The van der Waals surface area contributed by atoms with Crippen LogP contribution in [0.1, 0.15) is 25.7 Å². The zero-order valence-corrected chi connectivity index (χ0v) is 12.3. The summed E-state index contributed by atoms with van der Waals surface area (Å²) in [7, 11) is 1.76. The maximum absolute atomic E-state index is 12.1. The van der Waals surface area contributed by atoms with Crippen LogP contribution in [0.25, 0.3) is 0 Å². The normalized spacial score (nSPS) is 21.8. The Labute approximate surface area is 125 Å². The summed E-state index contributed by atoms with van der Waals surface area (Å²) in [5, 5.41) is 12.2. The van der Waals surface area contributed by atoms with Crippen molar-refractivity contribution in [1.29, 1.82) is 0 Å². The van der Waals surface area contributed by atoms with Crippen LogP contribution in [-0.2, 0) is 9.59 Å². The minimum absolute atomic E-state index is 0.0153. The number of aliphatic carboxylic acids is 1. The quantitative estimate of drug-likeness (QED) is 0.868. The van der Waals surface area contributed by atoms with Crippen molar-refractivity contribution in [2.45, 2.75) is 31.7 Å². The number of carbonyl (C=O) groups excluding carboxylic acids is 1. The van der Waals surface area contributed by atoms with Crippen LogP contribution in [0.5, 0.6) is 0 Å². The van der Waals surface area contributed by atoms with Crippen LogP contribution in [0.2, 0.25) is 0 Å². The van der Waals surface area contributed by atoms with Gasteiger partial charge in [0.25, 0.3) is 0 Å². The number of amides is 1. The lowest BCUT2D eigenvalue weighted by Gasteiger charge is -2.27. The minimum Gasteiger partial charge on any atom is -0.481 e. The molecule has 1 aromatic rings. The molecule has 21 heavy (non-hydrogen) atoms. The zero-order valence-electron chi connectivity index (χ0n) is 12.3. The Morgan fingerprint density at radius 1 is 1.19 bits per heavy atom. The van der Waals surface area contributed by atoms with Crippen molar-refractivity contribution >= 4 is 17.6 Å². The highest BCUT2D eigenvalue weighted by Crippen LogP contribution is 2.24. The number of carboxylic acid groups (broad SMARTS) is 1. The molecule has 0 heterocycles. The molecule has 5 nitrogen and oxygen atoms in total. The van der Waals surface area contributed by atoms with Gasteiger partial charge in [0.05, 0.1) is 12.5 Å². The topological polar surface area (TPSA) is 69.6 Å². The van der Waals surface area contributed by atoms with Gasteiger partial charge in [0, 0.05) is 18.8 Å². The van der Waals surface area contributed by atoms with Crippen LogP contribution >= 0.6 is 0 Å². The summed E-state index contributed by atoms with van der Waals surface area (Å²) >= 11 is 0. The fraction of sp³-hybridized carbons (Fsp3) is 0.500. The van der Waals surface area contributed by atoms with E-state index in [1.165, 1.54) is 0 Å². The number of nitrogens with one attached hydrogen (secondary N) is 1. The number of rotatable bonds is 5. The fourth-order valence-electron chi connectivity index (χ4n) is 2.69. The highest BCUT2D eigenvalue weighted by molar-refractivity contribution is 5.94. The molecule has 0 radical (unpaired) electrons. The van der Waals surface area contributed by atoms with Crippen molar-refractivity contribution in [3.8, 4) is 0 Å². The van der Waals surface area contributed by atoms with E-state index < -0.39 is 5.97 Å². The average molecular weight is 290 g/mol. The third-order valence-electron chi connectivity index (χ3n) is 4.14. The third kappa shape index (κ3) is 4.29. The summed E-state index contributed by atoms with van der Waals surface area (Å²) in [5.74, 6) is -0.902. The number of benzene rings is 1. The van der Waals surface area contributed by atoms with E-state index in [1.54, 1.807) is 11.9 Å². The summed E-state index contributed by atoms with van der Waals surface area (Å²) in [6.45, 7) is 0.286. The molecule has 0 saturated heterocycles. The number of carbonyl (C=O) groups is 2. The van der Waals surface area contributed by atoms with Crippen molar-refractivity contribution < 1.29 is 14.7 Å². The third-order valence-corrected chi connectivity index (χ3v) is 4.14. The Balaban J connectivity index is 1.76. The lowest BCUT2D eigenvalue weighted by Crippen LogP contribution is -2.42. The van der Waals surface area contributed by atoms with E-state index in [-0.39, 0.29) is 24.4 Å². The van der Waals surface area contributed by atoms with E-state index >= 15 is 0 Å². The summed E-state index contributed by atoms with van der Waals surface area (Å²) in [5.41, 5.74) is 0.874. The van der Waals surface area contributed by atoms with Crippen LogP contribution in [0.4, 0.5) is 5.69 Å². The maximum Gasteiger partial charge on any atom is 0.306 e. The van der Waals surface area contributed by atoms with Gasteiger partial charge >= 0.3 is 5.97 Å². The largest absolute Gasteiger partial charge is 0.481 e. The molecule has 0 bridgehead atoms. The second kappa shape index (κ2) is 7.22. The first-order chi connectivity index (χ1) is 10.1. The number of hydrogen-bond acceptors (Lipinski definition) is 3. The fourth-order valence-corrected chi connectivity index (χ4v) is 2.69. The summed E-state index contributed by atoms with van der Waals surface area (Å²) in [4.78, 5) is 24.7. The minimum atomic E-state index is -0.701. The number of likely N-dealkylation sites (N-methyl/N-ethyl adjacent to an activating group) is 1. The van der Waals surface area contributed by atoms with E-state index in [0.717, 1.165) is 18.5 Å². The Morgan fingerprint density at radius 2 is 1.81 bits per heavy atom. The van der Waals surface area contributed by atoms with Crippen LogP contribution in [0, 0.1) is 5.92 Å². The molecule has 0 aromatic heterocycles. The van der Waals surface area contributed by atoms with Crippen LogP contribution in [-0.4, -0.2) is 36.6 Å². The van der Waals surface area contributed by atoms with Crippen molar-refractivity contribution in [2.75, 3.05) is 18.5 Å². The van der Waals surface area contributed by atoms with E-state index in [4.69, 9.17) is 5.11 Å². The van der Waals surface area contributed by atoms with Gasteiger partial charge in [-0.3, -0.25) is 9.59 Å². The lowest BCUT2D eigenvalue weighted by molar-refractivity contribution is -0.143. The summed E-state index contributed by atoms with van der Waals surface area (Å²) < 4.78 is 0. The molecule has 1 aliphatic carbocycles. The van der Waals surface area contributed by atoms with Gasteiger partial charge < -0.3 is 15.3 Å². The molecule has 1 aromatic carbocycles. The molecule has 114 valence electrons. The monoisotopic (exact) mass is 290 g/mol. The summed E-state index contributed by atoms with van der Waals surface area (Å²) in [6.07, 6.45) is 3.02. The SMILES string of the molecule is CN(C(=O)CNC1CCC(C(=O)O)CC1)c1ccccc1. The average Bonchev–Trinajstić information content (AvgIpc) is 2.53. The van der Waals surface area contributed by atoms with Gasteiger partial charge in [0.1, 0.15) is 0 Å². The molecule has 2 N–H and O–H groups in total. The van der Waals surface area contributed by atoms with E-state index in [2.05, 4.69) is 5.32 Å².